The fourth-order valence-corrected chi connectivity index (χ4v) is 2.88. The molecule has 1 fully saturated rings. The molecule has 2 aromatic rings. The van der Waals surface area contributed by atoms with E-state index >= 15 is 0 Å². The van der Waals surface area contributed by atoms with Crippen LogP contribution in [0, 0.1) is 0 Å². The molecule has 2 N–H and O–H groups in total. The molecule has 1 saturated heterocycles. The molecule has 3 heterocycles. The Morgan fingerprint density at radius 3 is 2.88 bits per heavy atom. The Kier molecular flexibility index (Phi) is 4.45. The smallest absolute Gasteiger partial charge is 0.407 e. The standard InChI is InChI=1S/C16H19N5O3/c1-20-14(22)9-13(11-4-6-17-7-5-11)19-15(20)18-10-12-3-2-8-21(12)16(23)24/h4-7,9,12H,2-3,8,10H2,1H3,(H,18,19)(H,23,24)/t12-/m0/s1. The van der Waals surface area contributed by atoms with Crippen molar-refractivity contribution in [1.82, 2.24) is 19.4 Å². The highest BCUT2D eigenvalue weighted by Crippen LogP contribution is 2.19. The van der Waals surface area contributed by atoms with Gasteiger partial charge < -0.3 is 15.3 Å². The highest BCUT2D eigenvalue weighted by Gasteiger charge is 2.28. The van der Waals surface area contributed by atoms with Gasteiger partial charge in [-0.1, -0.05) is 0 Å². The average Bonchev–Trinajstić information content (AvgIpc) is 3.05. The van der Waals surface area contributed by atoms with E-state index in [1.807, 2.05) is 0 Å². The molecule has 24 heavy (non-hydrogen) atoms. The van der Waals surface area contributed by atoms with Gasteiger partial charge in [0, 0.05) is 44.2 Å². The fourth-order valence-electron chi connectivity index (χ4n) is 2.88. The Hall–Kier alpha value is -2.90. The quantitative estimate of drug-likeness (QED) is 0.879. The summed E-state index contributed by atoms with van der Waals surface area (Å²) < 4.78 is 1.42. The number of anilines is 1. The maximum Gasteiger partial charge on any atom is 0.407 e. The first kappa shape index (κ1) is 16.0. The molecule has 0 saturated carbocycles. The zero-order valence-electron chi connectivity index (χ0n) is 13.3. The van der Waals surface area contributed by atoms with Crippen LogP contribution in [0.3, 0.4) is 0 Å². The summed E-state index contributed by atoms with van der Waals surface area (Å²) in [5.41, 5.74) is 1.18. The number of hydrogen-bond acceptors (Lipinski definition) is 5. The van der Waals surface area contributed by atoms with Gasteiger partial charge in [-0.25, -0.2) is 9.78 Å². The number of nitrogens with zero attached hydrogens (tertiary/aromatic N) is 4. The number of rotatable bonds is 4. The average molecular weight is 329 g/mol. The van der Waals surface area contributed by atoms with Gasteiger partial charge >= 0.3 is 6.09 Å². The zero-order valence-corrected chi connectivity index (χ0v) is 13.3. The molecule has 1 aliphatic heterocycles. The third kappa shape index (κ3) is 3.22. The molecule has 8 nitrogen and oxygen atoms in total. The summed E-state index contributed by atoms with van der Waals surface area (Å²) in [4.78, 5) is 33.2. The first-order chi connectivity index (χ1) is 11.6. The Morgan fingerprint density at radius 2 is 2.17 bits per heavy atom. The van der Waals surface area contributed by atoms with E-state index in [9.17, 15) is 14.7 Å². The van der Waals surface area contributed by atoms with Crippen LogP contribution in [-0.4, -0.2) is 49.8 Å². The fraction of sp³-hybridized carbons (Fsp3) is 0.375. The predicted molar refractivity (Wildman–Crippen MR) is 89.0 cm³/mol. The molecule has 0 unspecified atom stereocenters. The maximum atomic E-state index is 12.2. The molecule has 8 heteroatoms. The van der Waals surface area contributed by atoms with E-state index in [1.165, 1.54) is 15.5 Å². The molecular weight excluding hydrogens is 310 g/mol. The Labute approximate surface area is 138 Å². The van der Waals surface area contributed by atoms with Crippen LogP contribution in [0.1, 0.15) is 12.8 Å². The van der Waals surface area contributed by atoms with Gasteiger partial charge in [0.2, 0.25) is 5.95 Å². The molecule has 1 atom stereocenters. The van der Waals surface area contributed by atoms with E-state index in [2.05, 4.69) is 15.3 Å². The van der Waals surface area contributed by atoms with Crippen molar-refractivity contribution < 1.29 is 9.90 Å². The lowest BCUT2D eigenvalue weighted by atomic mass is 10.2. The van der Waals surface area contributed by atoms with Gasteiger partial charge in [-0.3, -0.25) is 14.3 Å². The number of carboxylic acid groups (broad SMARTS) is 1. The van der Waals surface area contributed by atoms with Crippen LogP contribution < -0.4 is 10.9 Å². The number of pyridine rings is 1. The van der Waals surface area contributed by atoms with Gasteiger partial charge in [0.25, 0.3) is 5.56 Å². The molecule has 3 rings (SSSR count). The van der Waals surface area contributed by atoms with Gasteiger partial charge in [-0.2, -0.15) is 0 Å². The van der Waals surface area contributed by atoms with Crippen molar-refractivity contribution in [2.24, 2.45) is 7.05 Å². The molecule has 0 bridgehead atoms. The van der Waals surface area contributed by atoms with Crippen molar-refractivity contribution >= 4 is 12.0 Å². The summed E-state index contributed by atoms with van der Waals surface area (Å²) in [6.45, 7) is 0.970. The number of aromatic nitrogens is 3. The number of carbonyl (C=O) groups is 1. The van der Waals surface area contributed by atoms with Crippen LogP contribution in [0.25, 0.3) is 11.3 Å². The van der Waals surface area contributed by atoms with Crippen molar-refractivity contribution in [3.8, 4) is 11.3 Å². The van der Waals surface area contributed by atoms with E-state index < -0.39 is 6.09 Å². The van der Waals surface area contributed by atoms with E-state index in [4.69, 9.17) is 0 Å². The third-order valence-corrected chi connectivity index (χ3v) is 4.23. The van der Waals surface area contributed by atoms with Crippen LogP contribution >= 0.6 is 0 Å². The first-order valence-electron chi connectivity index (χ1n) is 7.78. The first-order valence-corrected chi connectivity index (χ1v) is 7.78. The van der Waals surface area contributed by atoms with E-state index in [0.29, 0.717) is 24.7 Å². The number of likely N-dealkylation sites (tertiary alicyclic amines) is 1. The molecule has 2 aromatic heterocycles. The lowest BCUT2D eigenvalue weighted by Gasteiger charge is -2.22. The summed E-state index contributed by atoms with van der Waals surface area (Å²) in [5.74, 6) is 0.423. The summed E-state index contributed by atoms with van der Waals surface area (Å²) >= 11 is 0. The highest BCUT2D eigenvalue weighted by molar-refractivity contribution is 5.66. The molecule has 1 amide bonds. The number of hydrogen-bond donors (Lipinski definition) is 2. The Bertz CT molecular complexity index is 790. The minimum Gasteiger partial charge on any atom is -0.465 e. The van der Waals surface area contributed by atoms with Crippen molar-refractivity contribution in [2.75, 3.05) is 18.4 Å². The number of amides is 1. The third-order valence-electron chi connectivity index (χ3n) is 4.23. The molecule has 0 spiro atoms. The summed E-state index contributed by atoms with van der Waals surface area (Å²) in [6, 6.07) is 4.94. The Morgan fingerprint density at radius 1 is 1.42 bits per heavy atom. The van der Waals surface area contributed by atoms with Crippen molar-refractivity contribution in [2.45, 2.75) is 18.9 Å². The largest absolute Gasteiger partial charge is 0.465 e. The maximum absolute atomic E-state index is 12.2. The lowest BCUT2D eigenvalue weighted by molar-refractivity contribution is 0.142. The van der Waals surface area contributed by atoms with Crippen molar-refractivity contribution in [1.29, 1.82) is 0 Å². The molecule has 0 aromatic carbocycles. The SMILES string of the molecule is Cn1c(NC[C@@H]2CCCN2C(=O)O)nc(-c2ccncc2)cc1=O. The highest BCUT2D eigenvalue weighted by atomic mass is 16.4. The number of nitrogens with one attached hydrogen (secondary N) is 1. The topological polar surface area (TPSA) is 100 Å². The van der Waals surface area contributed by atoms with Gasteiger partial charge in [0.15, 0.2) is 0 Å². The molecule has 0 aliphatic carbocycles. The van der Waals surface area contributed by atoms with Crippen LogP contribution in [0.2, 0.25) is 0 Å². The summed E-state index contributed by atoms with van der Waals surface area (Å²) in [7, 11) is 1.64. The van der Waals surface area contributed by atoms with Gasteiger partial charge in [0.1, 0.15) is 0 Å². The molecule has 0 radical (unpaired) electrons. The second kappa shape index (κ2) is 6.69. The van der Waals surface area contributed by atoms with Gasteiger partial charge in [0.05, 0.1) is 11.7 Å². The van der Waals surface area contributed by atoms with Crippen LogP contribution in [0.4, 0.5) is 10.7 Å². The second-order valence-corrected chi connectivity index (χ2v) is 5.75. The minimum atomic E-state index is -0.910. The van der Waals surface area contributed by atoms with Crippen molar-refractivity contribution in [3.63, 3.8) is 0 Å². The van der Waals surface area contributed by atoms with Crippen LogP contribution in [0.5, 0.6) is 0 Å². The van der Waals surface area contributed by atoms with Crippen LogP contribution in [-0.2, 0) is 7.05 Å². The summed E-state index contributed by atoms with van der Waals surface area (Å²) in [5, 5.41) is 12.3. The molecule has 126 valence electrons. The second-order valence-electron chi connectivity index (χ2n) is 5.75. The monoisotopic (exact) mass is 329 g/mol. The zero-order chi connectivity index (χ0) is 17.1. The van der Waals surface area contributed by atoms with Gasteiger partial charge in [-0.05, 0) is 25.0 Å². The van der Waals surface area contributed by atoms with E-state index in [1.54, 1.807) is 31.6 Å². The predicted octanol–water partition coefficient (Wildman–Crippen LogP) is 1.40. The van der Waals surface area contributed by atoms with E-state index in [0.717, 1.165) is 18.4 Å². The van der Waals surface area contributed by atoms with Gasteiger partial charge in [-0.15, -0.1) is 0 Å². The van der Waals surface area contributed by atoms with Crippen LogP contribution in [0.15, 0.2) is 35.4 Å². The lowest BCUT2D eigenvalue weighted by Crippen LogP contribution is -2.39. The van der Waals surface area contributed by atoms with E-state index in [-0.39, 0.29) is 11.6 Å². The Balaban J connectivity index is 1.82. The van der Waals surface area contributed by atoms with Crippen molar-refractivity contribution in [3.05, 3.63) is 40.9 Å². The molecule has 1 aliphatic rings. The summed E-state index contributed by atoms with van der Waals surface area (Å²) in [6.07, 6.45) is 4.03. The normalized spacial score (nSPS) is 17.0. The molecular formula is C16H19N5O3. The minimum absolute atomic E-state index is 0.107.